The number of hydrogen-bond donors (Lipinski definition) is 2. The summed E-state index contributed by atoms with van der Waals surface area (Å²) in [5.41, 5.74) is -1.09. The van der Waals surface area contributed by atoms with Crippen LogP contribution >= 0.6 is 0 Å². The topological polar surface area (TPSA) is 90.0 Å². The number of nitrogens with one attached hydrogen (secondary N) is 1. The lowest BCUT2D eigenvalue weighted by Crippen LogP contribution is -2.57. The highest BCUT2D eigenvalue weighted by Crippen LogP contribution is 2.30. The molecule has 2 saturated heterocycles. The Kier molecular flexibility index (Phi) is 4.39. The molecule has 0 aromatic carbocycles. The van der Waals surface area contributed by atoms with Crippen LogP contribution in [0.1, 0.15) is 39.5 Å². The largest absolute Gasteiger partial charge is 0.480 e. The number of rotatable bonds is 2. The molecule has 0 radical (unpaired) electrons. The molecule has 0 spiro atoms. The van der Waals surface area contributed by atoms with Gasteiger partial charge in [0.05, 0.1) is 0 Å². The van der Waals surface area contributed by atoms with Crippen LogP contribution in [0.5, 0.6) is 0 Å². The van der Waals surface area contributed by atoms with E-state index in [4.69, 9.17) is 0 Å². The minimum atomic E-state index is -1.09. The van der Waals surface area contributed by atoms with E-state index in [1.54, 1.807) is 11.8 Å². The molecule has 0 aromatic rings. The number of hydrogen-bond acceptors (Lipinski definition) is 3. The highest BCUT2D eigenvalue weighted by Gasteiger charge is 2.47. The second-order valence-electron chi connectivity index (χ2n) is 6.08. The molecule has 0 aromatic heterocycles. The average Bonchev–Trinajstić information content (AvgIpc) is 2.81. The minimum absolute atomic E-state index is 0.0576. The van der Waals surface area contributed by atoms with Crippen molar-refractivity contribution in [2.75, 3.05) is 19.6 Å². The molecule has 118 valence electrons. The van der Waals surface area contributed by atoms with E-state index in [9.17, 15) is 19.5 Å². The number of carboxylic acids is 1. The molecule has 3 amide bonds. The summed E-state index contributed by atoms with van der Waals surface area (Å²) < 4.78 is 0. The summed E-state index contributed by atoms with van der Waals surface area (Å²) in [5.74, 6) is -1.00. The zero-order chi connectivity index (χ0) is 15.6. The summed E-state index contributed by atoms with van der Waals surface area (Å²) in [6.07, 6.45) is 2.64. The van der Waals surface area contributed by atoms with Crippen molar-refractivity contribution >= 4 is 17.9 Å². The van der Waals surface area contributed by atoms with Crippen LogP contribution in [0.4, 0.5) is 4.79 Å². The monoisotopic (exact) mass is 297 g/mol. The molecule has 7 heteroatoms. The van der Waals surface area contributed by atoms with Gasteiger partial charge >= 0.3 is 12.0 Å². The van der Waals surface area contributed by atoms with E-state index in [1.807, 2.05) is 0 Å². The number of aliphatic carboxylic acids is 1. The quantitative estimate of drug-likeness (QED) is 0.783. The normalized spacial score (nSPS) is 26.8. The Morgan fingerprint density at radius 1 is 1.19 bits per heavy atom. The van der Waals surface area contributed by atoms with Crippen LogP contribution in [0.2, 0.25) is 0 Å². The number of nitrogens with zero attached hydrogens (tertiary/aromatic N) is 2. The van der Waals surface area contributed by atoms with Crippen molar-refractivity contribution in [3.05, 3.63) is 0 Å². The van der Waals surface area contributed by atoms with Crippen molar-refractivity contribution in [1.82, 2.24) is 15.1 Å². The molecule has 0 aliphatic carbocycles. The molecular weight excluding hydrogens is 274 g/mol. The summed E-state index contributed by atoms with van der Waals surface area (Å²) in [6, 6.07) is -0.0883. The van der Waals surface area contributed by atoms with Crippen LogP contribution in [0.25, 0.3) is 0 Å². The SMILES string of the molecule is CC(=O)NC1CCN(C(=O)N2CCCC2(C)C(=O)O)CC1. The van der Waals surface area contributed by atoms with Crippen molar-refractivity contribution in [3.8, 4) is 0 Å². The fourth-order valence-electron chi connectivity index (χ4n) is 3.17. The van der Waals surface area contributed by atoms with Crippen molar-refractivity contribution in [3.63, 3.8) is 0 Å². The Hall–Kier alpha value is -1.79. The van der Waals surface area contributed by atoms with Gasteiger partial charge in [-0.25, -0.2) is 9.59 Å². The van der Waals surface area contributed by atoms with E-state index in [0.717, 1.165) is 6.42 Å². The molecule has 1 atom stereocenters. The zero-order valence-electron chi connectivity index (χ0n) is 12.6. The first kappa shape index (κ1) is 15.6. The van der Waals surface area contributed by atoms with Gasteiger partial charge in [-0.2, -0.15) is 0 Å². The number of carboxylic acid groups (broad SMARTS) is 1. The second-order valence-corrected chi connectivity index (χ2v) is 6.08. The molecule has 2 heterocycles. The zero-order valence-corrected chi connectivity index (χ0v) is 12.6. The van der Waals surface area contributed by atoms with Crippen LogP contribution in [0, 0.1) is 0 Å². The number of piperidine rings is 1. The van der Waals surface area contributed by atoms with Crippen LogP contribution in [0.15, 0.2) is 0 Å². The van der Waals surface area contributed by atoms with Gasteiger partial charge in [0, 0.05) is 32.6 Å². The Balaban J connectivity index is 1.96. The summed E-state index contributed by atoms with van der Waals surface area (Å²) in [5, 5.41) is 12.2. The molecule has 2 aliphatic heterocycles. The van der Waals surface area contributed by atoms with Crippen LogP contribution in [0.3, 0.4) is 0 Å². The Morgan fingerprint density at radius 3 is 2.33 bits per heavy atom. The van der Waals surface area contributed by atoms with Gasteiger partial charge in [-0.3, -0.25) is 4.79 Å². The Labute approximate surface area is 124 Å². The smallest absolute Gasteiger partial charge is 0.329 e. The van der Waals surface area contributed by atoms with E-state index < -0.39 is 11.5 Å². The third-order valence-electron chi connectivity index (χ3n) is 4.51. The number of urea groups is 1. The molecular formula is C14H23N3O4. The van der Waals surface area contributed by atoms with Crippen LogP contribution < -0.4 is 5.32 Å². The van der Waals surface area contributed by atoms with Crippen molar-refractivity contribution in [2.24, 2.45) is 0 Å². The first-order valence-corrected chi connectivity index (χ1v) is 7.41. The van der Waals surface area contributed by atoms with Gasteiger partial charge in [0.2, 0.25) is 5.91 Å². The van der Waals surface area contributed by atoms with E-state index in [1.165, 1.54) is 11.8 Å². The average molecular weight is 297 g/mol. The molecule has 2 fully saturated rings. The summed E-state index contributed by atoms with van der Waals surface area (Å²) in [6.45, 7) is 4.70. The molecule has 7 nitrogen and oxygen atoms in total. The van der Waals surface area contributed by atoms with Crippen molar-refractivity contribution in [2.45, 2.75) is 51.1 Å². The molecule has 0 bridgehead atoms. The minimum Gasteiger partial charge on any atom is -0.480 e. The summed E-state index contributed by atoms with van der Waals surface area (Å²) in [7, 11) is 0. The number of carbonyl (C=O) groups excluding carboxylic acids is 2. The number of amides is 3. The van der Waals surface area contributed by atoms with Gasteiger partial charge in [0.1, 0.15) is 5.54 Å². The fraction of sp³-hybridized carbons (Fsp3) is 0.786. The maximum atomic E-state index is 12.6. The highest BCUT2D eigenvalue weighted by atomic mass is 16.4. The predicted molar refractivity (Wildman–Crippen MR) is 75.8 cm³/mol. The standard InChI is InChI=1S/C14H23N3O4/c1-10(18)15-11-4-8-16(9-5-11)13(21)17-7-3-6-14(17,2)12(19)20/h11H,3-9H2,1-2H3,(H,15,18)(H,19,20). The van der Waals surface area contributed by atoms with Gasteiger partial charge in [0.15, 0.2) is 0 Å². The molecule has 2 N–H and O–H groups in total. The first-order chi connectivity index (χ1) is 9.84. The summed E-state index contributed by atoms with van der Waals surface area (Å²) in [4.78, 5) is 38.2. The molecule has 21 heavy (non-hydrogen) atoms. The van der Waals surface area contributed by atoms with Gasteiger partial charge < -0.3 is 20.2 Å². The van der Waals surface area contributed by atoms with E-state index in [0.29, 0.717) is 38.9 Å². The van der Waals surface area contributed by atoms with Crippen LogP contribution in [-0.4, -0.2) is 64.0 Å². The number of carbonyl (C=O) groups is 3. The maximum absolute atomic E-state index is 12.6. The third kappa shape index (κ3) is 3.11. The lowest BCUT2D eigenvalue weighted by atomic mass is 9.99. The molecule has 2 rings (SSSR count). The number of likely N-dealkylation sites (tertiary alicyclic amines) is 2. The van der Waals surface area contributed by atoms with Crippen molar-refractivity contribution < 1.29 is 19.5 Å². The van der Waals surface area contributed by atoms with E-state index in [2.05, 4.69) is 5.32 Å². The predicted octanol–water partition coefficient (Wildman–Crippen LogP) is 0.646. The van der Waals surface area contributed by atoms with Gasteiger partial charge in [-0.1, -0.05) is 0 Å². The maximum Gasteiger partial charge on any atom is 0.329 e. The van der Waals surface area contributed by atoms with E-state index in [-0.39, 0.29) is 18.0 Å². The van der Waals surface area contributed by atoms with Crippen molar-refractivity contribution in [1.29, 1.82) is 0 Å². The lowest BCUT2D eigenvalue weighted by molar-refractivity contribution is -0.147. The second kappa shape index (κ2) is 5.91. The molecule has 1 unspecified atom stereocenters. The Bertz CT molecular complexity index is 446. The van der Waals surface area contributed by atoms with Crippen LogP contribution in [-0.2, 0) is 9.59 Å². The van der Waals surface area contributed by atoms with Gasteiger partial charge in [-0.05, 0) is 32.6 Å². The fourth-order valence-corrected chi connectivity index (χ4v) is 3.17. The highest BCUT2D eigenvalue weighted by molar-refractivity contribution is 5.86. The lowest BCUT2D eigenvalue weighted by Gasteiger charge is -2.39. The Morgan fingerprint density at radius 2 is 1.81 bits per heavy atom. The first-order valence-electron chi connectivity index (χ1n) is 7.41. The van der Waals surface area contributed by atoms with Gasteiger partial charge in [0.25, 0.3) is 0 Å². The van der Waals surface area contributed by atoms with Gasteiger partial charge in [-0.15, -0.1) is 0 Å². The summed E-state index contributed by atoms with van der Waals surface area (Å²) >= 11 is 0. The molecule has 2 aliphatic rings. The van der Waals surface area contributed by atoms with E-state index >= 15 is 0 Å². The third-order valence-corrected chi connectivity index (χ3v) is 4.51. The molecule has 0 saturated carbocycles.